The molecule has 0 radical (unpaired) electrons. The van der Waals surface area contributed by atoms with Crippen LogP contribution in [0, 0.1) is 86.8 Å². The van der Waals surface area contributed by atoms with Gasteiger partial charge in [-0.05, 0) is 223 Å². The Morgan fingerprint density at radius 2 is 1.27 bits per heavy atom. The van der Waals surface area contributed by atoms with Crippen LogP contribution in [0.15, 0.2) is 23.3 Å². The number of rotatable bonds is 12. The molecule has 8 aliphatic rings. The lowest BCUT2D eigenvalue weighted by Crippen LogP contribution is -2.49. The van der Waals surface area contributed by atoms with Gasteiger partial charge in [-0.25, -0.2) is 0 Å². The maximum absolute atomic E-state index is 11.2. The molecular weight excluding hydrogens is 725 g/mol. The number of aliphatic hydroxyl groups excluding tert-OH is 2. The van der Waals surface area contributed by atoms with Crippen molar-refractivity contribution in [3.05, 3.63) is 23.3 Å². The smallest absolute Gasteiger partial charge is 0.0761 e. The first-order chi connectivity index (χ1) is 27.9. The van der Waals surface area contributed by atoms with Crippen molar-refractivity contribution in [3.8, 4) is 0 Å². The van der Waals surface area contributed by atoms with E-state index in [0.29, 0.717) is 34.5 Å². The second kappa shape index (κ2) is 17.0. The maximum Gasteiger partial charge on any atom is 0.0761 e. The molecule has 4 nitrogen and oxygen atoms in total. The fraction of sp³-hybridized carbons (Fsp3) is 0.927. The van der Waals surface area contributed by atoms with Crippen LogP contribution in [0.3, 0.4) is 0 Å². The van der Waals surface area contributed by atoms with Gasteiger partial charge >= 0.3 is 0 Å². The molecule has 0 saturated heterocycles. The van der Waals surface area contributed by atoms with Crippen LogP contribution < -0.4 is 0 Å². The minimum absolute atomic E-state index is 0.118. The van der Waals surface area contributed by atoms with Gasteiger partial charge in [-0.2, -0.15) is 0 Å². The van der Waals surface area contributed by atoms with Crippen LogP contribution >= 0.6 is 0 Å². The zero-order chi connectivity index (χ0) is 42.1. The second-order valence-corrected chi connectivity index (χ2v) is 25.4. The van der Waals surface area contributed by atoms with Crippen LogP contribution in [0.1, 0.15) is 204 Å². The molecule has 59 heavy (non-hydrogen) atoms. The largest absolute Gasteiger partial charge is 0.393 e. The highest BCUT2D eigenvalue weighted by Gasteiger charge is 2.61. The minimum Gasteiger partial charge on any atom is -0.393 e. The van der Waals surface area contributed by atoms with Gasteiger partial charge in [0.1, 0.15) is 0 Å². The van der Waals surface area contributed by atoms with E-state index < -0.39 is 5.60 Å². The predicted molar refractivity (Wildman–Crippen MR) is 244 cm³/mol. The van der Waals surface area contributed by atoms with Crippen molar-refractivity contribution in [2.75, 3.05) is 6.61 Å². The number of aliphatic hydroxyl groups is 3. The van der Waals surface area contributed by atoms with Crippen LogP contribution in [0.2, 0.25) is 0 Å². The molecule has 6 saturated carbocycles. The number of allylic oxidation sites excluding steroid dienone is 1. The summed E-state index contributed by atoms with van der Waals surface area (Å²) >= 11 is 0. The van der Waals surface area contributed by atoms with Crippen LogP contribution in [0.25, 0.3) is 0 Å². The zero-order valence-electron chi connectivity index (χ0n) is 39.8. The van der Waals surface area contributed by atoms with Crippen molar-refractivity contribution in [1.82, 2.24) is 0 Å². The van der Waals surface area contributed by atoms with E-state index >= 15 is 0 Å². The summed E-state index contributed by atoms with van der Waals surface area (Å²) < 4.78 is 7.49. The summed E-state index contributed by atoms with van der Waals surface area (Å²) in [6.45, 7) is 22.8. The summed E-state index contributed by atoms with van der Waals surface area (Å²) in [4.78, 5) is 0. The summed E-state index contributed by atoms with van der Waals surface area (Å²) in [6, 6.07) is 0. The molecule has 336 valence electrons. The van der Waals surface area contributed by atoms with Gasteiger partial charge in [0, 0.05) is 0 Å². The van der Waals surface area contributed by atoms with Crippen molar-refractivity contribution in [1.29, 1.82) is 0 Å². The second-order valence-electron chi connectivity index (χ2n) is 25.4. The van der Waals surface area contributed by atoms with E-state index in [0.717, 1.165) is 106 Å². The van der Waals surface area contributed by atoms with Crippen molar-refractivity contribution in [2.45, 2.75) is 227 Å². The van der Waals surface area contributed by atoms with Gasteiger partial charge in [-0.15, -0.1) is 0 Å². The summed E-state index contributed by atoms with van der Waals surface area (Å²) in [5.74, 6) is 7.99. The average molecular weight is 817 g/mol. The van der Waals surface area contributed by atoms with Gasteiger partial charge in [-0.1, -0.05) is 91.0 Å². The summed E-state index contributed by atoms with van der Waals surface area (Å²) in [5, 5.41) is 33.0. The van der Waals surface area contributed by atoms with Crippen molar-refractivity contribution in [3.63, 3.8) is 0 Å². The van der Waals surface area contributed by atoms with Crippen LogP contribution in [0.4, 0.5) is 0 Å². The van der Waals surface area contributed by atoms with Gasteiger partial charge in [0.05, 0.1) is 30.5 Å². The lowest BCUT2D eigenvalue weighted by Gasteiger charge is -2.56. The van der Waals surface area contributed by atoms with Crippen molar-refractivity contribution in [2.24, 2.45) is 86.8 Å². The molecule has 4 heteroatoms. The third-order valence-electron chi connectivity index (χ3n) is 21.2. The summed E-state index contributed by atoms with van der Waals surface area (Å²) in [5.41, 5.74) is 3.63. The molecule has 8 rings (SSSR count). The Morgan fingerprint density at radius 3 is 1.93 bits per heavy atom. The van der Waals surface area contributed by atoms with Crippen LogP contribution in [-0.2, 0) is 4.74 Å². The van der Waals surface area contributed by atoms with E-state index in [9.17, 15) is 15.3 Å². The Bertz CT molecular complexity index is 1520. The average Bonchev–Trinajstić information content (AvgIpc) is 3.62. The standard InChI is InChI=1S/C55H92O4/c1-35(2)12-10-13-36(3)45-16-18-48-44-33-42(32-39-31-41(57)22-27-53(39,7)50(44)24-28-54(45,48)8)59-34-37(20-25-51(4,5)58)46-17-19-47-43-15-11-14-38-30-40(56)21-26-52(38,6)49(43)23-29-55(46,47)9/h14,32,35-37,40-50,56-58H,10-13,15-31,33-34H2,1-9H3/t36-,37+,40+,41+,42+,43-,44-,45-,46-,47+,48+,49+,50+,52+,53+,54-,55-/m1/s1. The Hall–Kier alpha value is -0.680. The number of ether oxygens (including phenoxy) is 1. The molecule has 0 aliphatic heterocycles. The molecular formula is C55H92O4. The van der Waals surface area contributed by atoms with E-state index in [1.807, 2.05) is 13.8 Å². The summed E-state index contributed by atoms with van der Waals surface area (Å²) in [6.07, 6.45) is 31.3. The highest BCUT2D eigenvalue weighted by Crippen LogP contribution is 2.69. The van der Waals surface area contributed by atoms with Crippen LogP contribution in [-0.4, -0.2) is 45.8 Å². The molecule has 0 bridgehead atoms. The van der Waals surface area contributed by atoms with Gasteiger partial charge in [0.2, 0.25) is 0 Å². The molecule has 0 aromatic rings. The van der Waals surface area contributed by atoms with E-state index in [2.05, 4.69) is 60.6 Å². The first-order valence-electron chi connectivity index (χ1n) is 26.0. The topological polar surface area (TPSA) is 69.9 Å². The van der Waals surface area contributed by atoms with Crippen molar-refractivity contribution >= 4 is 0 Å². The number of hydrogen-bond acceptors (Lipinski definition) is 4. The van der Waals surface area contributed by atoms with Crippen LogP contribution in [0.5, 0.6) is 0 Å². The third kappa shape index (κ3) is 8.42. The highest BCUT2D eigenvalue weighted by atomic mass is 16.5. The van der Waals surface area contributed by atoms with Gasteiger partial charge < -0.3 is 20.1 Å². The molecule has 6 fully saturated rings. The Balaban J connectivity index is 1.03. The Kier molecular flexibility index (Phi) is 13.0. The van der Waals surface area contributed by atoms with E-state index in [1.54, 1.807) is 5.57 Å². The normalized spacial score (nSPS) is 47.0. The molecule has 3 N–H and O–H groups in total. The molecule has 0 spiro atoms. The molecule has 0 unspecified atom stereocenters. The van der Waals surface area contributed by atoms with Crippen molar-refractivity contribution < 1.29 is 20.1 Å². The fourth-order valence-electron chi connectivity index (χ4n) is 17.9. The van der Waals surface area contributed by atoms with E-state index in [4.69, 9.17) is 4.74 Å². The maximum atomic E-state index is 11.2. The molecule has 0 heterocycles. The Morgan fingerprint density at radius 1 is 0.678 bits per heavy atom. The quantitative estimate of drug-likeness (QED) is 0.172. The number of fused-ring (bicyclic) bond motifs is 10. The van der Waals surface area contributed by atoms with E-state index in [-0.39, 0.29) is 29.1 Å². The monoisotopic (exact) mass is 817 g/mol. The van der Waals surface area contributed by atoms with Gasteiger partial charge in [0.25, 0.3) is 0 Å². The Labute approximate surface area is 363 Å². The molecule has 0 aromatic carbocycles. The fourth-order valence-corrected chi connectivity index (χ4v) is 17.9. The molecule has 17 atom stereocenters. The third-order valence-corrected chi connectivity index (χ3v) is 21.2. The zero-order valence-corrected chi connectivity index (χ0v) is 39.8. The SMILES string of the molecule is CC(C)CCC[C@@H](C)[C@H]1CC[C@H]2[C@H]3C[C@@H](OC[C@H](CCC(C)(C)O)[C@H]4CC[C@H]5[C@H]6CCC=C7C[C@@H](O)CC[C@]7(C)[C@H]6CC[C@]45C)C=C4C[C@@H](O)CC[C@]4(C)[C@H]3CC[C@]12C. The lowest BCUT2D eigenvalue weighted by molar-refractivity contribution is -0.0774. The first-order valence-corrected chi connectivity index (χ1v) is 26.0. The number of hydrogen-bond donors (Lipinski definition) is 3. The molecule has 0 aromatic heterocycles. The predicted octanol–water partition coefficient (Wildman–Crippen LogP) is 13.3. The highest BCUT2D eigenvalue weighted by molar-refractivity contribution is 5.26. The lowest BCUT2D eigenvalue weighted by atomic mass is 9.49. The molecule has 8 aliphatic carbocycles. The molecule has 0 amide bonds. The van der Waals surface area contributed by atoms with Gasteiger partial charge in [-0.3, -0.25) is 0 Å². The minimum atomic E-state index is -0.673. The van der Waals surface area contributed by atoms with Gasteiger partial charge in [0.15, 0.2) is 0 Å². The summed E-state index contributed by atoms with van der Waals surface area (Å²) in [7, 11) is 0. The first kappa shape index (κ1) is 44.9. The van der Waals surface area contributed by atoms with E-state index in [1.165, 1.54) is 89.0 Å².